The molecule has 0 aliphatic rings. The normalized spacial score (nSPS) is 14.0. The molecule has 110 valence electrons. The van der Waals surface area contributed by atoms with E-state index in [1.54, 1.807) is 6.92 Å². The average Bonchev–Trinajstić information content (AvgIpc) is 2.35. The summed E-state index contributed by atoms with van der Waals surface area (Å²) in [5.41, 5.74) is 1.15. The molecule has 1 aromatic carbocycles. The van der Waals surface area contributed by atoms with Gasteiger partial charge in [0.15, 0.2) is 5.12 Å². The molecule has 0 saturated carbocycles. The standard InChI is InChI=1S/C16H22O3S/c1-11(2)16(13-7-5-4-6-8-13)20-15(19)10-12(3)9-14(17)18/h4-8,11-12,16H,9-10H2,1-3H3,(H,17,18)/t12-,16-/m1/s1. The summed E-state index contributed by atoms with van der Waals surface area (Å²) in [4.78, 5) is 22.7. The summed E-state index contributed by atoms with van der Waals surface area (Å²) in [5, 5.41) is 8.92. The van der Waals surface area contributed by atoms with Crippen molar-refractivity contribution in [3.63, 3.8) is 0 Å². The van der Waals surface area contributed by atoms with Crippen molar-refractivity contribution in [3.05, 3.63) is 35.9 Å². The van der Waals surface area contributed by atoms with Crippen molar-refractivity contribution in [1.29, 1.82) is 0 Å². The molecule has 0 fully saturated rings. The first-order valence-corrected chi connectivity index (χ1v) is 7.74. The summed E-state index contributed by atoms with van der Waals surface area (Å²) in [6, 6.07) is 9.98. The Kier molecular flexibility index (Phi) is 6.79. The topological polar surface area (TPSA) is 54.4 Å². The largest absolute Gasteiger partial charge is 0.481 e. The van der Waals surface area contributed by atoms with Crippen LogP contribution in [0.2, 0.25) is 0 Å². The molecule has 0 radical (unpaired) electrons. The zero-order valence-electron chi connectivity index (χ0n) is 12.2. The highest BCUT2D eigenvalue weighted by Crippen LogP contribution is 2.37. The van der Waals surface area contributed by atoms with Crippen LogP contribution in [0.25, 0.3) is 0 Å². The molecule has 0 amide bonds. The van der Waals surface area contributed by atoms with Gasteiger partial charge < -0.3 is 5.11 Å². The van der Waals surface area contributed by atoms with Crippen LogP contribution in [0.3, 0.4) is 0 Å². The van der Waals surface area contributed by atoms with Gasteiger partial charge in [0.1, 0.15) is 0 Å². The van der Waals surface area contributed by atoms with E-state index in [0.717, 1.165) is 5.56 Å². The molecule has 0 aromatic heterocycles. The van der Waals surface area contributed by atoms with Crippen LogP contribution in [-0.2, 0) is 9.59 Å². The molecular formula is C16H22O3S. The van der Waals surface area contributed by atoms with Crippen molar-refractivity contribution in [1.82, 2.24) is 0 Å². The summed E-state index contributed by atoms with van der Waals surface area (Å²) in [7, 11) is 0. The van der Waals surface area contributed by atoms with Gasteiger partial charge in [-0.15, -0.1) is 0 Å². The fourth-order valence-electron chi connectivity index (χ4n) is 2.08. The van der Waals surface area contributed by atoms with E-state index in [1.807, 2.05) is 30.3 Å². The van der Waals surface area contributed by atoms with Crippen LogP contribution in [0, 0.1) is 11.8 Å². The van der Waals surface area contributed by atoms with E-state index < -0.39 is 5.97 Å². The zero-order valence-corrected chi connectivity index (χ0v) is 13.0. The number of benzene rings is 1. The maximum Gasteiger partial charge on any atom is 0.303 e. The molecule has 0 aliphatic carbocycles. The van der Waals surface area contributed by atoms with Gasteiger partial charge in [-0.2, -0.15) is 0 Å². The summed E-state index contributed by atoms with van der Waals surface area (Å²) >= 11 is 1.33. The lowest BCUT2D eigenvalue weighted by molar-refractivity contribution is -0.138. The maximum atomic E-state index is 12.1. The number of carbonyl (C=O) groups is 2. The molecule has 0 spiro atoms. The second kappa shape index (κ2) is 8.10. The number of carboxylic acids is 1. The van der Waals surface area contributed by atoms with Gasteiger partial charge >= 0.3 is 5.97 Å². The van der Waals surface area contributed by atoms with Gasteiger partial charge in [0.05, 0.1) is 0 Å². The third-order valence-electron chi connectivity index (χ3n) is 3.03. The lowest BCUT2D eigenvalue weighted by Gasteiger charge is -2.20. The molecule has 0 unspecified atom stereocenters. The molecule has 0 aliphatic heterocycles. The molecular weight excluding hydrogens is 272 g/mol. The van der Waals surface area contributed by atoms with Gasteiger partial charge in [-0.1, -0.05) is 62.9 Å². The number of aliphatic carboxylic acids is 1. The third kappa shape index (κ3) is 5.78. The Balaban J connectivity index is 2.63. The van der Waals surface area contributed by atoms with E-state index in [4.69, 9.17) is 5.11 Å². The summed E-state index contributed by atoms with van der Waals surface area (Å²) in [6.45, 7) is 6.00. The molecule has 20 heavy (non-hydrogen) atoms. The second-order valence-electron chi connectivity index (χ2n) is 5.47. The van der Waals surface area contributed by atoms with E-state index >= 15 is 0 Å². The predicted octanol–water partition coefficient (Wildman–Crippen LogP) is 4.14. The van der Waals surface area contributed by atoms with E-state index in [-0.39, 0.29) is 22.7 Å². The van der Waals surface area contributed by atoms with Crippen molar-refractivity contribution < 1.29 is 14.7 Å². The number of carboxylic acid groups (broad SMARTS) is 1. The quantitative estimate of drug-likeness (QED) is 0.821. The highest BCUT2D eigenvalue weighted by atomic mass is 32.2. The molecule has 0 saturated heterocycles. The van der Waals surface area contributed by atoms with Crippen LogP contribution in [0.5, 0.6) is 0 Å². The first kappa shape index (κ1) is 16.8. The van der Waals surface area contributed by atoms with Gasteiger partial charge in [-0.3, -0.25) is 9.59 Å². The van der Waals surface area contributed by atoms with Gasteiger partial charge in [-0.05, 0) is 17.4 Å². The number of thioether (sulfide) groups is 1. The summed E-state index contributed by atoms with van der Waals surface area (Å²) < 4.78 is 0. The summed E-state index contributed by atoms with van der Waals surface area (Å²) in [5.74, 6) is -0.615. The molecule has 0 bridgehead atoms. The molecule has 1 N–H and O–H groups in total. The third-order valence-corrected chi connectivity index (χ3v) is 4.53. The Bertz CT molecular complexity index is 442. The summed E-state index contributed by atoms with van der Waals surface area (Å²) in [6.07, 6.45) is 0.358. The zero-order chi connectivity index (χ0) is 15.1. The Morgan fingerprint density at radius 3 is 2.20 bits per heavy atom. The molecule has 1 aromatic rings. The van der Waals surface area contributed by atoms with E-state index in [1.165, 1.54) is 11.8 Å². The van der Waals surface area contributed by atoms with E-state index in [0.29, 0.717) is 12.3 Å². The van der Waals surface area contributed by atoms with Crippen molar-refractivity contribution in [2.75, 3.05) is 0 Å². The Morgan fingerprint density at radius 1 is 1.10 bits per heavy atom. The molecule has 0 heterocycles. The van der Waals surface area contributed by atoms with Crippen LogP contribution in [0.4, 0.5) is 0 Å². The van der Waals surface area contributed by atoms with Crippen molar-refractivity contribution in [2.45, 2.75) is 38.9 Å². The lowest BCUT2D eigenvalue weighted by atomic mass is 10.0. The van der Waals surface area contributed by atoms with Crippen LogP contribution in [0.1, 0.15) is 44.4 Å². The lowest BCUT2D eigenvalue weighted by Crippen LogP contribution is -2.11. The average molecular weight is 294 g/mol. The first-order chi connectivity index (χ1) is 9.40. The minimum absolute atomic E-state index is 0.0456. The van der Waals surface area contributed by atoms with Gasteiger partial charge in [0, 0.05) is 18.1 Å². The molecule has 2 atom stereocenters. The number of hydrogen-bond acceptors (Lipinski definition) is 3. The number of carbonyl (C=O) groups excluding carboxylic acids is 1. The van der Waals surface area contributed by atoms with Gasteiger partial charge in [0.2, 0.25) is 0 Å². The highest BCUT2D eigenvalue weighted by Gasteiger charge is 2.22. The van der Waals surface area contributed by atoms with Gasteiger partial charge in [0.25, 0.3) is 0 Å². The van der Waals surface area contributed by atoms with Crippen molar-refractivity contribution >= 4 is 22.8 Å². The predicted molar refractivity (Wildman–Crippen MR) is 82.7 cm³/mol. The molecule has 1 rings (SSSR count). The van der Waals surface area contributed by atoms with Crippen LogP contribution < -0.4 is 0 Å². The fraction of sp³-hybridized carbons (Fsp3) is 0.500. The Labute approximate surface area is 124 Å². The fourth-order valence-corrected chi connectivity index (χ4v) is 3.31. The Morgan fingerprint density at radius 2 is 1.70 bits per heavy atom. The monoisotopic (exact) mass is 294 g/mol. The second-order valence-corrected chi connectivity index (χ2v) is 6.67. The van der Waals surface area contributed by atoms with Gasteiger partial charge in [-0.25, -0.2) is 0 Å². The first-order valence-electron chi connectivity index (χ1n) is 6.86. The molecule has 4 heteroatoms. The number of hydrogen-bond donors (Lipinski definition) is 1. The SMILES string of the molecule is CC(C)[C@@H](SC(=O)C[C@H](C)CC(=O)O)c1ccccc1. The van der Waals surface area contributed by atoms with Crippen LogP contribution in [0.15, 0.2) is 30.3 Å². The Hall–Kier alpha value is -1.29. The smallest absolute Gasteiger partial charge is 0.303 e. The minimum Gasteiger partial charge on any atom is -0.481 e. The van der Waals surface area contributed by atoms with Crippen molar-refractivity contribution in [2.24, 2.45) is 11.8 Å². The highest BCUT2D eigenvalue weighted by molar-refractivity contribution is 8.13. The van der Waals surface area contributed by atoms with Crippen molar-refractivity contribution in [3.8, 4) is 0 Å². The maximum absolute atomic E-state index is 12.1. The van der Waals surface area contributed by atoms with E-state index in [9.17, 15) is 9.59 Å². The van der Waals surface area contributed by atoms with Crippen LogP contribution in [-0.4, -0.2) is 16.2 Å². The number of rotatable bonds is 7. The van der Waals surface area contributed by atoms with E-state index in [2.05, 4.69) is 13.8 Å². The molecule has 3 nitrogen and oxygen atoms in total. The minimum atomic E-state index is -0.848. The van der Waals surface area contributed by atoms with Crippen LogP contribution >= 0.6 is 11.8 Å².